The zero-order valence-electron chi connectivity index (χ0n) is 7.74. The maximum atomic E-state index is 13.1. The number of aryl methyl sites for hydroxylation is 1. The van der Waals surface area contributed by atoms with Gasteiger partial charge in [0.2, 0.25) is 0 Å². The predicted octanol–water partition coefficient (Wildman–Crippen LogP) is 1.90. The molecule has 4 heteroatoms. The lowest BCUT2D eigenvalue weighted by molar-refractivity contribution is 0.631. The monoisotopic (exact) mass is 191 g/mol. The highest BCUT2D eigenvalue weighted by atomic mass is 19.1. The minimum Gasteiger partial charge on any atom is -0.396 e. The standard InChI is InChI=1S/C10H10FN3/c1-7-13-4-5-14(7)8-2-3-10(12)9(11)6-8/h2-6H,12H2,1H3. The number of nitrogens with zero attached hydrogens (tertiary/aromatic N) is 2. The Balaban J connectivity index is 2.53. The number of nitrogens with two attached hydrogens (primary N) is 1. The van der Waals surface area contributed by atoms with Gasteiger partial charge in [-0.05, 0) is 19.1 Å². The highest BCUT2D eigenvalue weighted by Crippen LogP contribution is 2.16. The van der Waals surface area contributed by atoms with E-state index in [2.05, 4.69) is 4.98 Å². The van der Waals surface area contributed by atoms with E-state index in [4.69, 9.17) is 5.73 Å². The Labute approximate surface area is 81.0 Å². The number of aromatic nitrogens is 2. The van der Waals surface area contributed by atoms with Crippen LogP contribution in [0.1, 0.15) is 5.82 Å². The molecular formula is C10H10FN3. The molecule has 0 unspecified atom stereocenters. The number of hydrogen-bond acceptors (Lipinski definition) is 2. The van der Waals surface area contributed by atoms with Gasteiger partial charge in [-0.2, -0.15) is 0 Å². The first kappa shape index (κ1) is 8.74. The fourth-order valence-corrected chi connectivity index (χ4v) is 1.32. The lowest BCUT2D eigenvalue weighted by atomic mass is 10.2. The van der Waals surface area contributed by atoms with Crippen LogP contribution in [0.15, 0.2) is 30.6 Å². The first-order chi connectivity index (χ1) is 6.68. The van der Waals surface area contributed by atoms with E-state index in [1.165, 1.54) is 6.07 Å². The summed E-state index contributed by atoms with van der Waals surface area (Å²) in [6.07, 6.45) is 3.45. The Bertz CT molecular complexity index is 462. The fourth-order valence-electron chi connectivity index (χ4n) is 1.32. The van der Waals surface area contributed by atoms with Crippen molar-refractivity contribution in [1.29, 1.82) is 0 Å². The number of benzene rings is 1. The van der Waals surface area contributed by atoms with Gasteiger partial charge in [0.05, 0.1) is 5.69 Å². The molecule has 1 aromatic carbocycles. The minimum atomic E-state index is -0.407. The van der Waals surface area contributed by atoms with Gasteiger partial charge in [0, 0.05) is 24.1 Å². The zero-order chi connectivity index (χ0) is 10.1. The van der Waals surface area contributed by atoms with Crippen LogP contribution >= 0.6 is 0 Å². The van der Waals surface area contributed by atoms with Crippen molar-refractivity contribution in [3.63, 3.8) is 0 Å². The van der Waals surface area contributed by atoms with Gasteiger partial charge in [-0.3, -0.25) is 0 Å². The van der Waals surface area contributed by atoms with Gasteiger partial charge in [-0.25, -0.2) is 9.37 Å². The molecule has 2 N–H and O–H groups in total. The Kier molecular flexibility index (Phi) is 1.96. The molecule has 0 aliphatic carbocycles. The number of rotatable bonds is 1. The highest BCUT2D eigenvalue weighted by molar-refractivity contribution is 5.46. The van der Waals surface area contributed by atoms with Gasteiger partial charge in [0.1, 0.15) is 11.6 Å². The van der Waals surface area contributed by atoms with Crippen LogP contribution < -0.4 is 5.73 Å². The number of halogens is 1. The minimum absolute atomic E-state index is 0.159. The van der Waals surface area contributed by atoms with Crippen LogP contribution in [0.25, 0.3) is 5.69 Å². The normalized spacial score (nSPS) is 10.4. The van der Waals surface area contributed by atoms with Crippen molar-refractivity contribution in [1.82, 2.24) is 9.55 Å². The predicted molar refractivity (Wildman–Crippen MR) is 52.7 cm³/mol. The van der Waals surface area contributed by atoms with Gasteiger partial charge < -0.3 is 10.3 Å². The van der Waals surface area contributed by atoms with E-state index in [1.807, 2.05) is 6.92 Å². The van der Waals surface area contributed by atoms with Crippen molar-refractivity contribution >= 4 is 5.69 Å². The molecule has 2 aromatic rings. The zero-order valence-corrected chi connectivity index (χ0v) is 7.74. The summed E-state index contributed by atoms with van der Waals surface area (Å²) in [5.74, 6) is 0.407. The molecule has 1 heterocycles. The summed E-state index contributed by atoms with van der Waals surface area (Å²) in [4.78, 5) is 4.05. The third-order valence-corrected chi connectivity index (χ3v) is 2.09. The Morgan fingerprint density at radius 2 is 2.21 bits per heavy atom. The third kappa shape index (κ3) is 1.35. The maximum Gasteiger partial charge on any atom is 0.148 e. The van der Waals surface area contributed by atoms with E-state index in [9.17, 15) is 4.39 Å². The van der Waals surface area contributed by atoms with Gasteiger partial charge in [-0.15, -0.1) is 0 Å². The van der Waals surface area contributed by atoms with Crippen molar-refractivity contribution < 1.29 is 4.39 Å². The van der Waals surface area contributed by atoms with E-state index in [1.54, 1.807) is 29.1 Å². The lowest BCUT2D eigenvalue weighted by Crippen LogP contribution is -1.98. The third-order valence-electron chi connectivity index (χ3n) is 2.09. The van der Waals surface area contributed by atoms with Gasteiger partial charge >= 0.3 is 0 Å². The van der Waals surface area contributed by atoms with E-state index in [-0.39, 0.29) is 5.69 Å². The average Bonchev–Trinajstić information content (AvgIpc) is 2.57. The second-order valence-corrected chi connectivity index (χ2v) is 3.05. The maximum absolute atomic E-state index is 13.1. The number of hydrogen-bond donors (Lipinski definition) is 1. The summed E-state index contributed by atoms with van der Waals surface area (Å²) in [7, 11) is 0. The number of nitrogen functional groups attached to an aromatic ring is 1. The van der Waals surface area contributed by atoms with Crippen LogP contribution in [0.5, 0.6) is 0 Å². The van der Waals surface area contributed by atoms with Crippen LogP contribution in [0.3, 0.4) is 0 Å². The van der Waals surface area contributed by atoms with Crippen LogP contribution in [0, 0.1) is 12.7 Å². The van der Waals surface area contributed by atoms with E-state index in [0.717, 1.165) is 11.5 Å². The molecule has 0 spiro atoms. The first-order valence-electron chi connectivity index (χ1n) is 4.24. The molecular weight excluding hydrogens is 181 g/mol. The van der Waals surface area contributed by atoms with Crippen molar-refractivity contribution in [2.45, 2.75) is 6.92 Å². The molecule has 0 saturated carbocycles. The van der Waals surface area contributed by atoms with Gasteiger partial charge in [0.15, 0.2) is 0 Å². The molecule has 1 aromatic heterocycles. The Hall–Kier alpha value is -1.84. The molecule has 14 heavy (non-hydrogen) atoms. The fraction of sp³-hybridized carbons (Fsp3) is 0.100. The van der Waals surface area contributed by atoms with E-state index < -0.39 is 5.82 Å². The molecule has 0 saturated heterocycles. The number of anilines is 1. The van der Waals surface area contributed by atoms with E-state index in [0.29, 0.717) is 0 Å². The van der Waals surface area contributed by atoms with Gasteiger partial charge in [-0.1, -0.05) is 0 Å². The molecule has 0 aliphatic heterocycles. The van der Waals surface area contributed by atoms with Crippen molar-refractivity contribution in [2.75, 3.05) is 5.73 Å². The molecule has 2 rings (SSSR count). The van der Waals surface area contributed by atoms with Crippen LogP contribution in [0.2, 0.25) is 0 Å². The second-order valence-electron chi connectivity index (χ2n) is 3.05. The summed E-state index contributed by atoms with van der Waals surface area (Å²) in [5.41, 5.74) is 6.27. The van der Waals surface area contributed by atoms with Crippen LogP contribution in [-0.2, 0) is 0 Å². The van der Waals surface area contributed by atoms with E-state index >= 15 is 0 Å². The molecule has 0 atom stereocenters. The largest absolute Gasteiger partial charge is 0.396 e. The van der Waals surface area contributed by atoms with Crippen molar-refractivity contribution in [3.8, 4) is 5.69 Å². The summed E-state index contributed by atoms with van der Waals surface area (Å²) in [5, 5.41) is 0. The summed E-state index contributed by atoms with van der Waals surface area (Å²) in [6.45, 7) is 1.86. The molecule has 0 fully saturated rings. The topological polar surface area (TPSA) is 43.8 Å². The summed E-state index contributed by atoms with van der Waals surface area (Å²) in [6, 6.07) is 4.70. The Morgan fingerprint density at radius 3 is 2.79 bits per heavy atom. The molecule has 0 bridgehead atoms. The highest BCUT2D eigenvalue weighted by Gasteiger charge is 2.03. The van der Waals surface area contributed by atoms with Gasteiger partial charge in [0.25, 0.3) is 0 Å². The number of imidazole rings is 1. The molecule has 72 valence electrons. The van der Waals surface area contributed by atoms with Crippen LogP contribution in [0.4, 0.5) is 10.1 Å². The average molecular weight is 191 g/mol. The molecule has 0 radical (unpaired) electrons. The SMILES string of the molecule is Cc1nccn1-c1ccc(N)c(F)c1. The smallest absolute Gasteiger partial charge is 0.148 e. The Morgan fingerprint density at radius 1 is 1.43 bits per heavy atom. The summed E-state index contributed by atoms with van der Waals surface area (Å²) < 4.78 is 14.9. The molecule has 0 amide bonds. The van der Waals surface area contributed by atoms with Crippen molar-refractivity contribution in [2.24, 2.45) is 0 Å². The molecule has 0 aliphatic rings. The first-order valence-corrected chi connectivity index (χ1v) is 4.24. The summed E-state index contributed by atoms with van der Waals surface area (Å²) >= 11 is 0. The van der Waals surface area contributed by atoms with Crippen molar-refractivity contribution in [3.05, 3.63) is 42.2 Å². The van der Waals surface area contributed by atoms with Crippen LogP contribution in [-0.4, -0.2) is 9.55 Å². The molecule has 3 nitrogen and oxygen atoms in total. The second kappa shape index (κ2) is 3.14. The quantitative estimate of drug-likeness (QED) is 0.699. The lowest BCUT2D eigenvalue weighted by Gasteiger charge is -2.05.